The van der Waals surface area contributed by atoms with Gasteiger partial charge < -0.3 is 0 Å². The summed E-state index contributed by atoms with van der Waals surface area (Å²) < 4.78 is 0. The lowest BCUT2D eigenvalue weighted by Crippen LogP contribution is -2.38. The number of nitrogens with one attached hydrogen (secondary N) is 1. The highest BCUT2D eigenvalue weighted by atomic mass is 35.5. The average Bonchev–Trinajstić information content (AvgIpc) is 2.37. The van der Waals surface area contributed by atoms with E-state index in [1.807, 2.05) is 18.2 Å². The molecule has 2 rings (SSSR count). The maximum atomic E-state index is 5.99. The van der Waals surface area contributed by atoms with Gasteiger partial charge in [-0.3, -0.25) is 11.3 Å². The van der Waals surface area contributed by atoms with Crippen LogP contribution < -0.4 is 11.3 Å². The summed E-state index contributed by atoms with van der Waals surface area (Å²) in [4.78, 5) is 0. The van der Waals surface area contributed by atoms with Gasteiger partial charge in [-0.15, -0.1) is 0 Å². The van der Waals surface area contributed by atoms with E-state index in [9.17, 15) is 0 Å². The molecule has 3 N–H and O–H groups in total. The van der Waals surface area contributed by atoms with Gasteiger partial charge in [0.15, 0.2) is 0 Å². The summed E-state index contributed by atoms with van der Waals surface area (Å²) in [6.45, 7) is 0. The topological polar surface area (TPSA) is 38.0 Å². The Morgan fingerprint density at radius 2 is 2.24 bits per heavy atom. The minimum atomic E-state index is 0.244. The lowest BCUT2D eigenvalue weighted by molar-refractivity contribution is 0.542. The Balaban J connectivity index is 2.06. The maximum Gasteiger partial charge on any atom is 0.0460 e. The first-order valence-electron chi connectivity index (χ1n) is 6.19. The first kappa shape index (κ1) is 12.6. The Hall–Kier alpha value is -0.830. The fourth-order valence-electron chi connectivity index (χ4n) is 2.38. The molecule has 17 heavy (non-hydrogen) atoms. The van der Waals surface area contributed by atoms with Crippen LogP contribution in [-0.4, -0.2) is 6.04 Å². The minimum Gasteiger partial charge on any atom is -0.271 e. The molecule has 0 aromatic heterocycles. The molecule has 0 fully saturated rings. The molecular weight excluding hydrogens is 232 g/mol. The lowest BCUT2D eigenvalue weighted by atomic mass is 9.91. The van der Waals surface area contributed by atoms with Gasteiger partial charge in [0.2, 0.25) is 0 Å². The fraction of sp³-hybridized carbons (Fsp3) is 0.429. The zero-order valence-electron chi connectivity index (χ0n) is 9.95. The highest BCUT2D eigenvalue weighted by Crippen LogP contribution is 2.22. The molecule has 92 valence electrons. The molecule has 2 nitrogen and oxygen atoms in total. The van der Waals surface area contributed by atoms with Crippen LogP contribution in [0.1, 0.15) is 31.2 Å². The Morgan fingerprint density at radius 3 is 2.88 bits per heavy atom. The normalized spacial score (nSPS) is 17.6. The number of hydrogen-bond donors (Lipinski definition) is 2. The highest BCUT2D eigenvalue weighted by molar-refractivity contribution is 6.30. The van der Waals surface area contributed by atoms with Crippen molar-refractivity contribution in [3.05, 3.63) is 46.5 Å². The predicted molar refractivity (Wildman–Crippen MR) is 72.8 cm³/mol. The molecule has 0 bridgehead atoms. The van der Waals surface area contributed by atoms with Crippen LogP contribution in [0.4, 0.5) is 0 Å². The minimum absolute atomic E-state index is 0.244. The second-order valence-electron chi connectivity index (χ2n) is 4.58. The zero-order chi connectivity index (χ0) is 12.1. The summed E-state index contributed by atoms with van der Waals surface area (Å²) in [6, 6.07) is 8.24. The summed E-state index contributed by atoms with van der Waals surface area (Å²) >= 11 is 5.99. The Bertz CT molecular complexity index is 401. The van der Waals surface area contributed by atoms with Gasteiger partial charge in [-0.2, -0.15) is 0 Å². The second kappa shape index (κ2) is 6.20. The van der Waals surface area contributed by atoms with Crippen molar-refractivity contribution in [1.29, 1.82) is 0 Å². The highest BCUT2D eigenvalue weighted by Gasteiger charge is 2.15. The standard InChI is InChI=1S/C14H19ClN2/c15-13-8-4-5-11(9-13)10-14(17-16)12-6-2-1-3-7-12/h4-6,8-9,14,17H,1-3,7,10,16H2. The largest absolute Gasteiger partial charge is 0.271 e. The molecule has 1 aromatic carbocycles. The third-order valence-corrected chi connectivity index (χ3v) is 3.54. The predicted octanol–water partition coefficient (Wildman–Crippen LogP) is 3.21. The Kier molecular flexibility index (Phi) is 4.60. The van der Waals surface area contributed by atoms with E-state index in [0.29, 0.717) is 0 Å². The fourth-order valence-corrected chi connectivity index (χ4v) is 2.59. The summed E-state index contributed by atoms with van der Waals surface area (Å²) in [5.41, 5.74) is 5.60. The molecule has 1 unspecified atom stereocenters. The number of benzene rings is 1. The molecule has 0 saturated carbocycles. The molecule has 0 amide bonds. The molecule has 0 radical (unpaired) electrons. The van der Waals surface area contributed by atoms with Crippen molar-refractivity contribution in [2.24, 2.45) is 5.84 Å². The number of halogens is 1. The third kappa shape index (κ3) is 3.56. The lowest BCUT2D eigenvalue weighted by Gasteiger charge is -2.22. The Labute approximate surface area is 108 Å². The molecule has 1 aliphatic carbocycles. The number of nitrogens with two attached hydrogens (primary N) is 1. The molecule has 0 saturated heterocycles. The van der Waals surface area contributed by atoms with Crippen LogP contribution in [-0.2, 0) is 6.42 Å². The van der Waals surface area contributed by atoms with Crippen molar-refractivity contribution in [1.82, 2.24) is 5.43 Å². The maximum absolute atomic E-state index is 5.99. The summed E-state index contributed by atoms with van der Waals surface area (Å²) in [5, 5.41) is 0.788. The molecule has 3 heteroatoms. The van der Waals surface area contributed by atoms with E-state index in [4.69, 9.17) is 17.4 Å². The van der Waals surface area contributed by atoms with Crippen LogP contribution in [0.25, 0.3) is 0 Å². The summed E-state index contributed by atoms with van der Waals surface area (Å²) in [7, 11) is 0. The number of allylic oxidation sites excluding steroid dienone is 1. The smallest absolute Gasteiger partial charge is 0.0460 e. The van der Waals surface area contributed by atoms with E-state index in [1.165, 1.54) is 30.4 Å². The van der Waals surface area contributed by atoms with E-state index in [2.05, 4.69) is 17.6 Å². The van der Waals surface area contributed by atoms with Crippen LogP contribution in [0.15, 0.2) is 35.9 Å². The molecule has 1 atom stereocenters. The molecule has 0 spiro atoms. The van der Waals surface area contributed by atoms with E-state index < -0.39 is 0 Å². The number of hydrogen-bond acceptors (Lipinski definition) is 2. The van der Waals surface area contributed by atoms with E-state index in [0.717, 1.165) is 17.9 Å². The SMILES string of the molecule is NNC(Cc1cccc(Cl)c1)C1=CCCCC1. The quantitative estimate of drug-likeness (QED) is 0.489. The van der Waals surface area contributed by atoms with Gasteiger partial charge >= 0.3 is 0 Å². The monoisotopic (exact) mass is 250 g/mol. The average molecular weight is 251 g/mol. The van der Waals surface area contributed by atoms with E-state index >= 15 is 0 Å². The van der Waals surface area contributed by atoms with Crippen molar-refractivity contribution < 1.29 is 0 Å². The zero-order valence-corrected chi connectivity index (χ0v) is 10.7. The molecule has 1 aromatic rings. The summed E-state index contributed by atoms with van der Waals surface area (Å²) in [5.74, 6) is 5.67. The van der Waals surface area contributed by atoms with Crippen LogP contribution in [0.2, 0.25) is 5.02 Å². The first-order valence-corrected chi connectivity index (χ1v) is 6.57. The molecule has 0 aliphatic heterocycles. The van der Waals surface area contributed by atoms with Gasteiger partial charge in [-0.1, -0.05) is 35.4 Å². The van der Waals surface area contributed by atoms with Crippen LogP contribution in [0, 0.1) is 0 Å². The van der Waals surface area contributed by atoms with Crippen molar-refractivity contribution in [2.75, 3.05) is 0 Å². The van der Waals surface area contributed by atoms with Crippen LogP contribution >= 0.6 is 11.6 Å². The van der Waals surface area contributed by atoms with Gasteiger partial charge in [-0.25, -0.2) is 0 Å². The third-order valence-electron chi connectivity index (χ3n) is 3.30. The number of rotatable bonds is 4. The first-order chi connectivity index (χ1) is 8.29. The van der Waals surface area contributed by atoms with Gasteiger partial charge in [0, 0.05) is 11.1 Å². The Morgan fingerprint density at radius 1 is 1.35 bits per heavy atom. The summed E-state index contributed by atoms with van der Waals surface area (Å²) in [6.07, 6.45) is 8.16. The van der Waals surface area contributed by atoms with Crippen molar-refractivity contribution in [3.63, 3.8) is 0 Å². The van der Waals surface area contributed by atoms with Crippen molar-refractivity contribution in [2.45, 2.75) is 38.1 Å². The van der Waals surface area contributed by atoms with Gasteiger partial charge in [0.05, 0.1) is 0 Å². The van der Waals surface area contributed by atoms with E-state index in [-0.39, 0.29) is 6.04 Å². The molecule has 0 heterocycles. The molecular formula is C14H19ClN2. The second-order valence-corrected chi connectivity index (χ2v) is 5.01. The van der Waals surface area contributed by atoms with Crippen molar-refractivity contribution >= 4 is 11.6 Å². The van der Waals surface area contributed by atoms with E-state index in [1.54, 1.807) is 0 Å². The molecule has 1 aliphatic rings. The van der Waals surface area contributed by atoms with Crippen LogP contribution in [0.5, 0.6) is 0 Å². The van der Waals surface area contributed by atoms with Crippen molar-refractivity contribution in [3.8, 4) is 0 Å². The van der Waals surface area contributed by atoms with Gasteiger partial charge in [0.1, 0.15) is 0 Å². The number of hydrazine groups is 1. The van der Waals surface area contributed by atoms with Crippen LogP contribution in [0.3, 0.4) is 0 Å². The van der Waals surface area contributed by atoms with Gasteiger partial charge in [0.25, 0.3) is 0 Å². The van der Waals surface area contributed by atoms with Gasteiger partial charge in [-0.05, 0) is 49.8 Å².